The van der Waals surface area contributed by atoms with Crippen molar-refractivity contribution in [1.29, 1.82) is 0 Å². The molecule has 0 fully saturated rings. The van der Waals surface area contributed by atoms with Gasteiger partial charge in [-0.15, -0.1) is 24.0 Å². The number of rotatable bonds is 11. The van der Waals surface area contributed by atoms with E-state index in [0.29, 0.717) is 19.8 Å². The Labute approximate surface area is 177 Å². The van der Waals surface area contributed by atoms with E-state index in [2.05, 4.69) is 15.6 Å². The lowest BCUT2D eigenvalue weighted by atomic mass is 10.1. The van der Waals surface area contributed by atoms with E-state index in [9.17, 15) is 4.39 Å². The van der Waals surface area contributed by atoms with Crippen LogP contribution >= 0.6 is 24.0 Å². The second-order valence-corrected chi connectivity index (χ2v) is 5.91. The van der Waals surface area contributed by atoms with Crippen LogP contribution in [-0.2, 0) is 17.8 Å². The van der Waals surface area contributed by atoms with Crippen molar-refractivity contribution in [3.63, 3.8) is 0 Å². The Morgan fingerprint density at radius 1 is 1.19 bits per heavy atom. The molecule has 2 rings (SSSR count). The quantitative estimate of drug-likeness (QED) is 0.216. The molecule has 0 amide bonds. The maximum Gasteiger partial charge on any atom is 0.191 e. The van der Waals surface area contributed by atoms with E-state index in [1.807, 2.05) is 25.1 Å². The summed E-state index contributed by atoms with van der Waals surface area (Å²) in [5, 5.41) is 6.52. The molecule has 0 atom stereocenters. The second-order valence-electron chi connectivity index (χ2n) is 5.91. The maximum absolute atomic E-state index is 13.1. The molecule has 27 heavy (non-hydrogen) atoms. The molecular weight excluding hydrogens is 460 g/mol. The summed E-state index contributed by atoms with van der Waals surface area (Å²) in [5.74, 6) is 1.46. The molecule has 2 aromatic rings. The van der Waals surface area contributed by atoms with Crippen LogP contribution < -0.4 is 10.6 Å². The van der Waals surface area contributed by atoms with Gasteiger partial charge in [0.05, 0.1) is 6.26 Å². The molecule has 0 unspecified atom stereocenters. The molecule has 0 radical (unpaired) electrons. The van der Waals surface area contributed by atoms with Gasteiger partial charge in [-0.1, -0.05) is 12.1 Å². The van der Waals surface area contributed by atoms with E-state index in [1.54, 1.807) is 18.4 Å². The molecule has 7 heteroatoms. The second kappa shape index (κ2) is 14.4. The molecule has 0 spiro atoms. The predicted molar refractivity (Wildman–Crippen MR) is 117 cm³/mol. The van der Waals surface area contributed by atoms with E-state index in [4.69, 9.17) is 9.15 Å². The fraction of sp³-hybridized carbons (Fsp3) is 0.450. The van der Waals surface area contributed by atoms with Gasteiger partial charge in [-0.2, -0.15) is 0 Å². The molecule has 0 aliphatic rings. The summed E-state index contributed by atoms with van der Waals surface area (Å²) in [4.78, 5) is 4.55. The Morgan fingerprint density at radius 2 is 2.07 bits per heavy atom. The zero-order valence-corrected chi connectivity index (χ0v) is 18.1. The van der Waals surface area contributed by atoms with Crippen LogP contribution in [0.25, 0.3) is 0 Å². The Morgan fingerprint density at radius 3 is 2.81 bits per heavy atom. The Kier molecular flexibility index (Phi) is 12.5. The number of furan rings is 1. The first-order valence-electron chi connectivity index (χ1n) is 9.14. The molecule has 0 saturated carbocycles. The molecule has 0 aliphatic heterocycles. The standard InChI is InChI=1S/C20H28FN3O2.HI/c1-2-22-20(23-11-4-8-17-7-3-9-18(21)15-17)24-12-6-13-25-16-19-10-5-14-26-19;/h3,5,7,9-10,14-15H,2,4,6,8,11-13,16H2,1H3,(H2,22,23,24);1H. The fourth-order valence-electron chi connectivity index (χ4n) is 2.46. The van der Waals surface area contributed by atoms with E-state index in [1.165, 1.54) is 6.07 Å². The normalized spacial score (nSPS) is 11.1. The number of aryl methyl sites for hydroxylation is 1. The fourth-order valence-corrected chi connectivity index (χ4v) is 2.46. The minimum atomic E-state index is -0.185. The first-order chi connectivity index (χ1) is 12.8. The minimum Gasteiger partial charge on any atom is -0.467 e. The molecule has 0 saturated heterocycles. The van der Waals surface area contributed by atoms with Crippen molar-refractivity contribution in [2.45, 2.75) is 32.8 Å². The Hall–Kier alpha value is -1.61. The molecule has 2 N–H and O–H groups in total. The van der Waals surface area contributed by atoms with Crippen LogP contribution in [0, 0.1) is 5.82 Å². The smallest absolute Gasteiger partial charge is 0.191 e. The maximum atomic E-state index is 13.1. The van der Waals surface area contributed by atoms with Gasteiger partial charge < -0.3 is 19.8 Å². The number of hydrogen-bond acceptors (Lipinski definition) is 3. The summed E-state index contributed by atoms with van der Waals surface area (Å²) in [6.07, 6.45) is 4.23. The van der Waals surface area contributed by atoms with Crippen LogP contribution in [0.1, 0.15) is 31.1 Å². The van der Waals surface area contributed by atoms with Gasteiger partial charge in [-0.25, -0.2) is 4.39 Å². The average molecular weight is 489 g/mol. The van der Waals surface area contributed by atoms with Gasteiger partial charge in [0, 0.05) is 26.2 Å². The van der Waals surface area contributed by atoms with Gasteiger partial charge in [0.2, 0.25) is 0 Å². The zero-order chi connectivity index (χ0) is 18.5. The molecule has 0 aliphatic carbocycles. The van der Waals surface area contributed by atoms with Crippen molar-refractivity contribution >= 4 is 29.9 Å². The molecular formula is C20H29FIN3O2. The van der Waals surface area contributed by atoms with Gasteiger partial charge in [-0.3, -0.25) is 4.99 Å². The molecule has 1 aromatic carbocycles. The number of halogens is 2. The van der Waals surface area contributed by atoms with Crippen LogP contribution in [0.4, 0.5) is 4.39 Å². The van der Waals surface area contributed by atoms with Crippen LogP contribution in [0.15, 0.2) is 52.1 Å². The lowest BCUT2D eigenvalue weighted by Gasteiger charge is -2.11. The minimum absolute atomic E-state index is 0. The van der Waals surface area contributed by atoms with E-state index >= 15 is 0 Å². The van der Waals surface area contributed by atoms with Crippen LogP contribution in [0.3, 0.4) is 0 Å². The molecule has 5 nitrogen and oxygen atoms in total. The number of aliphatic imine (C=N–C) groups is 1. The van der Waals surface area contributed by atoms with Gasteiger partial charge in [0.15, 0.2) is 5.96 Å². The Bertz CT molecular complexity index is 650. The monoisotopic (exact) mass is 489 g/mol. The third-order valence-corrected chi connectivity index (χ3v) is 3.71. The van der Waals surface area contributed by atoms with Crippen LogP contribution in [-0.4, -0.2) is 32.2 Å². The third kappa shape index (κ3) is 10.3. The predicted octanol–water partition coefficient (Wildman–Crippen LogP) is 4.13. The molecule has 1 aromatic heterocycles. The van der Waals surface area contributed by atoms with E-state index < -0.39 is 0 Å². The van der Waals surface area contributed by atoms with Crippen molar-refractivity contribution in [3.05, 3.63) is 59.8 Å². The van der Waals surface area contributed by atoms with Crippen molar-refractivity contribution < 1.29 is 13.5 Å². The average Bonchev–Trinajstić information content (AvgIpc) is 3.15. The third-order valence-electron chi connectivity index (χ3n) is 3.71. The molecule has 150 valence electrons. The van der Waals surface area contributed by atoms with Crippen molar-refractivity contribution in [3.8, 4) is 0 Å². The van der Waals surface area contributed by atoms with Crippen molar-refractivity contribution in [1.82, 2.24) is 10.6 Å². The lowest BCUT2D eigenvalue weighted by molar-refractivity contribution is 0.105. The van der Waals surface area contributed by atoms with Crippen molar-refractivity contribution in [2.75, 3.05) is 26.2 Å². The van der Waals surface area contributed by atoms with Crippen LogP contribution in [0.2, 0.25) is 0 Å². The topological polar surface area (TPSA) is 58.8 Å². The summed E-state index contributed by atoms with van der Waals surface area (Å²) in [6.45, 7) is 5.49. The summed E-state index contributed by atoms with van der Waals surface area (Å²) in [6, 6.07) is 10.5. The highest BCUT2D eigenvalue weighted by Gasteiger charge is 1.99. The van der Waals surface area contributed by atoms with E-state index in [0.717, 1.165) is 49.6 Å². The summed E-state index contributed by atoms with van der Waals surface area (Å²) < 4.78 is 23.9. The summed E-state index contributed by atoms with van der Waals surface area (Å²) in [5.41, 5.74) is 1.01. The summed E-state index contributed by atoms with van der Waals surface area (Å²) in [7, 11) is 0. The molecule has 1 heterocycles. The zero-order valence-electron chi connectivity index (χ0n) is 15.7. The van der Waals surface area contributed by atoms with Crippen molar-refractivity contribution in [2.24, 2.45) is 4.99 Å². The number of nitrogens with zero attached hydrogens (tertiary/aromatic N) is 1. The number of benzene rings is 1. The van der Waals surface area contributed by atoms with Crippen LogP contribution in [0.5, 0.6) is 0 Å². The van der Waals surface area contributed by atoms with Gasteiger partial charge in [0.25, 0.3) is 0 Å². The highest BCUT2D eigenvalue weighted by atomic mass is 127. The molecule has 0 bridgehead atoms. The summed E-state index contributed by atoms with van der Waals surface area (Å²) >= 11 is 0. The highest BCUT2D eigenvalue weighted by molar-refractivity contribution is 14.0. The number of ether oxygens (including phenoxy) is 1. The largest absolute Gasteiger partial charge is 0.467 e. The lowest BCUT2D eigenvalue weighted by Crippen LogP contribution is -2.38. The van der Waals surface area contributed by atoms with E-state index in [-0.39, 0.29) is 29.8 Å². The number of nitrogens with one attached hydrogen (secondary N) is 2. The van der Waals surface area contributed by atoms with Gasteiger partial charge >= 0.3 is 0 Å². The first kappa shape index (κ1) is 23.4. The Balaban J connectivity index is 0.00000364. The van der Waals surface area contributed by atoms with Gasteiger partial charge in [0.1, 0.15) is 18.2 Å². The first-order valence-corrected chi connectivity index (χ1v) is 9.14. The number of hydrogen-bond donors (Lipinski definition) is 2. The SMILES string of the molecule is CCNC(=NCCCc1cccc(F)c1)NCCCOCc1ccco1.I. The highest BCUT2D eigenvalue weighted by Crippen LogP contribution is 2.06. The number of guanidine groups is 1. The van der Waals surface area contributed by atoms with Gasteiger partial charge in [-0.05, 0) is 56.0 Å².